The Morgan fingerprint density at radius 1 is 1.39 bits per heavy atom. The van der Waals surface area contributed by atoms with Crippen molar-refractivity contribution in [2.45, 2.75) is 39.7 Å². The minimum Gasteiger partial charge on any atom is -0.368 e. The van der Waals surface area contributed by atoms with Gasteiger partial charge in [-0.15, -0.1) is 10.2 Å². The maximum atomic E-state index is 11.6. The third-order valence-corrected chi connectivity index (χ3v) is 2.48. The molecule has 1 atom stereocenters. The highest BCUT2D eigenvalue weighted by atomic mass is 16.2. The smallest absolute Gasteiger partial charge is 0.276 e. The van der Waals surface area contributed by atoms with E-state index in [0.717, 1.165) is 6.42 Å². The molecule has 0 fully saturated rings. The molecule has 0 aliphatic carbocycles. The van der Waals surface area contributed by atoms with Gasteiger partial charge in [0.05, 0.1) is 6.04 Å². The van der Waals surface area contributed by atoms with Crippen molar-refractivity contribution < 1.29 is 4.79 Å². The summed E-state index contributed by atoms with van der Waals surface area (Å²) in [5, 5.41) is 9.97. The lowest BCUT2D eigenvalue weighted by molar-refractivity contribution is -0.122. The van der Waals surface area contributed by atoms with Crippen LogP contribution < -0.4 is 16.6 Å². The Morgan fingerprint density at radius 2 is 2.06 bits per heavy atom. The van der Waals surface area contributed by atoms with E-state index >= 15 is 0 Å². The van der Waals surface area contributed by atoms with Crippen LogP contribution >= 0.6 is 0 Å². The molecule has 7 heteroatoms. The molecular weight excluding hydrogens is 234 g/mol. The minimum absolute atomic E-state index is 0.0397. The molecule has 0 saturated heterocycles. The zero-order valence-corrected chi connectivity index (χ0v) is 10.9. The minimum atomic E-state index is -0.485. The molecule has 0 aliphatic rings. The molecule has 0 radical (unpaired) electrons. The Bertz CT molecular complexity index is 469. The zero-order chi connectivity index (χ0) is 13.7. The average Bonchev–Trinajstić information content (AvgIpc) is 2.26. The number of nitrogen functional groups attached to an aromatic ring is 1. The molecule has 0 bridgehead atoms. The van der Waals surface area contributed by atoms with E-state index in [4.69, 9.17) is 5.73 Å². The van der Waals surface area contributed by atoms with Crippen molar-refractivity contribution in [1.82, 2.24) is 20.5 Å². The Labute approximate surface area is 105 Å². The summed E-state index contributed by atoms with van der Waals surface area (Å²) in [4.78, 5) is 25.5. The second-order valence-electron chi connectivity index (χ2n) is 4.65. The van der Waals surface area contributed by atoms with Crippen LogP contribution in [-0.2, 0) is 4.79 Å². The predicted molar refractivity (Wildman–Crippen MR) is 67.7 cm³/mol. The molecule has 7 nitrogen and oxygen atoms in total. The summed E-state index contributed by atoms with van der Waals surface area (Å²) in [7, 11) is 0. The fraction of sp³-hybridized carbons (Fsp3) is 0.636. The molecule has 1 heterocycles. The number of nitrogens with zero attached hydrogens (tertiary/aromatic N) is 2. The highest BCUT2D eigenvalue weighted by molar-refractivity contribution is 5.76. The molecule has 0 aromatic carbocycles. The third kappa shape index (κ3) is 4.15. The van der Waals surface area contributed by atoms with Gasteiger partial charge in [-0.25, -0.2) is 0 Å². The van der Waals surface area contributed by atoms with Gasteiger partial charge < -0.3 is 11.1 Å². The number of rotatable bonds is 5. The van der Waals surface area contributed by atoms with Gasteiger partial charge >= 0.3 is 0 Å². The first-order valence-corrected chi connectivity index (χ1v) is 5.92. The lowest BCUT2D eigenvalue weighted by atomic mass is 10.1. The first kappa shape index (κ1) is 14.1. The Hall–Kier alpha value is -1.92. The summed E-state index contributed by atoms with van der Waals surface area (Å²) in [5.41, 5.74) is 5.02. The third-order valence-electron chi connectivity index (χ3n) is 2.48. The van der Waals surface area contributed by atoms with Crippen molar-refractivity contribution in [2.75, 3.05) is 5.73 Å². The predicted octanol–water partition coefficient (Wildman–Crippen LogP) is 0.360. The van der Waals surface area contributed by atoms with Gasteiger partial charge in [0.1, 0.15) is 0 Å². The molecule has 18 heavy (non-hydrogen) atoms. The maximum absolute atomic E-state index is 11.6. The van der Waals surface area contributed by atoms with Gasteiger partial charge in [0.15, 0.2) is 5.69 Å². The van der Waals surface area contributed by atoms with E-state index < -0.39 is 11.6 Å². The fourth-order valence-electron chi connectivity index (χ4n) is 1.44. The number of anilines is 1. The average molecular weight is 253 g/mol. The number of hydrogen-bond donors (Lipinski definition) is 3. The number of carbonyl (C=O) groups is 1. The van der Waals surface area contributed by atoms with Gasteiger partial charge in [-0.05, 0) is 19.3 Å². The molecule has 0 saturated carbocycles. The van der Waals surface area contributed by atoms with E-state index in [2.05, 4.69) is 20.5 Å². The van der Waals surface area contributed by atoms with Crippen molar-refractivity contribution in [2.24, 2.45) is 5.92 Å². The van der Waals surface area contributed by atoms with Crippen LogP contribution in [-0.4, -0.2) is 21.1 Å². The number of carbonyl (C=O) groups excluding carboxylic acids is 1. The second kappa shape index (κ2) is 6.13. The van der Waals surface area contributed by atoms with Crippen LogP contribution in [0.1, 0.15) is 45.3 Å². The standard InChI is InChI=1S/C11H19N5O2/c1-6(2)4-5-8(17)13-7(3)9-10(18)14-11(12)16-15-9/h6-7H,4-5H2,1-3H3,(H,13,17)(H3,12,14,16,18). The Kier molecular flexibility index (Phi) is 4.82. The summed E-state index contributed by atoms with van der Waals surface area (Å²) in [6.07, 6.45) is 1.24. The van der Waals surface area contributed by atoms with Crippen LogP contribution in [0.25, 0.3) is 0 Å². The van der Waals surface area contributed by atoms with E-state index in [-0.39, 0.29) is 17.5 Å². The van der Waals surface area contributed by atoms with Gasteiger partial charge in [-0.2, -0.15) is 0 Å². The van der Waals surface area contributed by atoms with E-state index in [1.165, 1.54) is 0 Å². The number of amides is 1. The van der Waals surface area contributed by atoms with Gasteiger partial charge in [-0.3, -0.25) is 14.6 Å². The first-order valence-electron chi connectivity index (χ1n) is 5.92. The first-order chi connectivity index (χ1) is 8.40. The molecule has 100 valence electrons. The van der Waals surface area contributed by atoms with Gasteiger partial charge in [0.2, 0.25) is 11.9 Å². The number of aromatic amines is 1. The zero-order valence-electron chi connectivity index (χ0n) is 10.9. The highest BCUT2D eigenvalue weighted by Crippen LogP contribution is 2.07. The molecular formula is C11H19N5O2. The topological polar surface area (TPSA) is 114 Å². The monoisotopic (exact) mass is 253 g/mol. The molecule has 1 amide bonds. The van der Waals surface area contributed by atoms with Crippen LogP contribution in [0.5, 0.6) is 0 Å². The molecule has 1 rings (SSSR count). The summed E-state index contributed by atoms with van der Waals surface area (Å²) < 4.78 is 0. The molecule has 0 aliphatic heterocycles. The van der Waals surface area contributed by atoms with Gasteiger partial charge in [0.25, 0.3) is 5.56 Å². The highest BCUT2D eigenvalue weighted by Gasteiger charge is 2.15. The van der Waals surface area contributed by atoms with Crippen molar-refractivity contribution in [3.63, 3.8) is 0 Å². The summed E-state index contributed by atoms with van der Waals surface area (Å²) in [6, 6.07) is -0.485. The van der Waals surface area contributed by atoms with Crippen molar-refractivity contribution in [1.29, 1.82) is 0 Å². The summed E-state index contributed by atoms with van der Waals surface area (Å²) >= 11 is 0. The van der Waals surface area contributed by atoms with Crippen LogP contribution in [0.3, 0.4) is 0 Å². The summed E-state index contributed by atoms with van der Waals surface area (Å²) in [6.45, 7) is 5.78. The lowest BCUT2D eigenvalue weighted by Crippen LogP contribution is -2.32. The molecule has 1 aromatic heterocycles. The maximum Gasteiger partial charge on any atom is 0.276 e. The van der Waals surface area contributed by atoms with Crippen molar-refractivity contribution >= 4 is 11.9 Å². The normalized spacial score (nSPS) is 12.4. The molecule has 0 spiro atoms. The van der Waals surface area contributed by atoms with Gasteiger partial charge in [0, 0.05) is 6.42 Å². The Morgan fingerprint density at radius 3 is 2.61 bits per heavy atom. The molecule has 1 unspecified atom stereocenters. The fourth-order valence-corrected chi connectivity index (χ4v) is 1.44. The second-order valence-corrected chi connectivity index (χ2v) is 4.65. The van der Waals surface area contributed by atoms with E-state index in [0.29, 0.717) is 12.3 Å². The van der Waals surface area contributed by atoms with E-state index in [9.17, 15) is 9.59 Å². The number of nitrogens with two attached hydrogens (primary N) is 1. The van der Waals surface area contributed by atoms with E-state index in [1.807, 2.05) is 13.8 Å². The molecule has 4 N–H and O–H groups in total. The van der Waals surface area contributed by atoms with Crippen LogP contribution in [0, 0.1) is 5.92 Å². The van der Waals surface area contributed by atoms with Gasteiger partial charge in [-0.1, -0.05) is 13.8 Å². The SMILES string of the molecule is CC(C)CCC(=O)NC(C)c1nnc(N)[nH]c1=O. The van der Waals surface area contributed by atoms with Crippen molar-refractivity contribution in [3.05, 3.63) is 16.0 Å². The van der Waals surface area contributed by atoms with Crippen LogP contribution in [0.4, 0.5) is 5.95 Å². The number of hydrogen-bond acceptors (Lipinski definition) is 5. The number of aromatic nitrogens is 3. The number of nitrogens with one attached hydrogen (secondary N) is 2. The van der Waals surface area contributed by atoms with Crippen LogP contribution in [0.15, 0.2) is 4.79 Å². The quantitative estimate of drug-likeness (QED) is 0.701. The molecule has 1 aromatic rings. The largest absolute Gasteiger partial charge is 0.368 e. The van der Waals surface area contributed by atoms with Crippen molar-refractivity contribution in [3.8, 4) is 0 Å². The lowest BCUT2D eigenvalue weighted by Gasteiger charge is -2.12. The summed E-state index contributed by atoms with van der Waals surface area (Å²) in [5.74, 6) is 0.321. The van der Waals surface area contributed by atoms with Crippen LogP contribution in [0.2, 0.25) is 0 Å². The Balaban J connectivity index is 2.62. The van der Waals surface area contributed by atoms with E-state index in [1.54, 1.807) is 6.92 Å². The number of H-pyrrole nitrogens is 1.